The van der Waals surface area contributed by atoms with Crippen molar-refractivity contribution >= 4 is 34.0 Å². The van der Waals surface area contributed by atoms with Crippen LogP contribution in [-0.2, 0) is 31.8 Å². The van der Waals surface area contributed by atoms with Crippen LogP contribution < -0.4 is 5.32 Å². The van der Waals surface area contributed by atoms with Crippen LogP contribution >= 0.6 is 15.9 Å². The number of benzene rings is 3. The van der Waals surface area contributed by atoms with Crippen molar-refractivity contribution in [2.24, 2.45) is 5.92 Å². The molecular weight excluding hydrogens is 594 g/mol. The highest BCUT2D eigenvalue weighted by atomic mass is 79.9. The van der Waals surface area contributed by atoms with Crippen molar-refractivity contribution < 1.29 is 36.6 Å². The Bertz CT molecular complexity index is 1240. The topological polar surface area (TPSA) is 64.6 Å². The van der Waals surface area contributed by atoms with E-state index in [1.54, 1.807) is 0 Å². The molecule has 1 amide bonds. The van der Waals surface area contributed by atoms with E-state index in [0.29, 0.717) is 38.6 Å². The lowest BCUT2D eigenvalue weighted by Crippen LogP contribution is -2.34. The van der Waals surface area contributed by atoms with E-state index in [1.165, 1.54) is 0 Å². The van der Waals surface area contributed by atoms with Gasteiger partial charge in [0.2, 0.25) is 5.91 Å². The van der Waals surface area contributed by atoms with Crippen LogP contribution in [0, 0.1) is 11.7 Å². The Morgan fingerprint density at radius 1 is 1.02 bits per heavy atom. The number of amides is 1. The molecule has 3 aromatic carbocycles. The van der Waals surface area contributed by atoms with Gasteiger partial charge in [-0.05, 0) is 73.6 Å². The average Bonchev–Trinajstić information content (AvgIpc) is 2.93. The summed E-state index contributed by atoms with van der Waals surface area (Å²) >= 11 is 3.41. The molecule has 1 fully saturated rings. The quantitative estimate of drug-likeness (QED) is 0.205. The van der Waals surface area contributed by atoms with Gasteiger partial charge in [-0.1, -0.05) is 58.4 Å². The molecule has 10 heteroatoms. The number of anilines is 1. The summed E-state index contributed by atoms with van der Waals surface area (Å²) < 4.78 is 63.6. The number of hydrogen-bond donors (Lipinski definition) is 1. The molecule has 3 atom stereocenters. The Hall–Kier alpha value is -3.24. The summed E-state index contributed by atoms with van der Waals surface area (Å²) in [5, 5.41) is 2.46. The third kappa shape index (κ3) is 9.45. The summed E-state index contributed by atoms with van der Waals surface area (Å²) in [5.41, 5.74) is 0.741. The number of halogens is 5. The molecule has 5 nitrogen and oxygen atoms in total. The zero-order chi connectivity index (χ0) is 29.1. The summed E-state index contributed by atoms with van der Waals surface area (Å²) in [6.45, 7) is 3.22. The fourth-order valence-corrected chi connectivity index (χ4v) is 4.86. The molecule has 3 unspecified atom stereocenters. The number of rotatable bonds is 8. The molecule has 1 saturated carbocycles. The summed E-state index contributed by atoms with van der Waals surface area (Å²) in [4.78, 5) is 22.6. The lowest BCUT2D eigenvalue weighted by Gasteiger charge is -2.34. The van der Waals surface area contributed by atoms with Gasteiger partial charge in [-0.25, -0.2) is 4.39 Å². The summed E-state index contributed by atoms with van der Waals surface area (Å²) in [6.07, 6.45) is -2.96. The predicted molar refractivity (Wildman–Crippen MR) is 147 cm³/mol. The Balaban J connectivity index is 0.000000371. The molecule has 214 valence electrons. The first-order chi connectivity index (χ1) is 19.1. The van der Waals surface area contributed by atoms with Gasteiger partial charge in [0.25, 0.3) is 6.47 Å². The van der Waals surface area contributed by atoms with Crippen molar-refractivity contribution in [1.82, 2.24) is 0 Å². The highest BCUT2D eigenvalue weighted by Crippen LogP contribution is 2.39. The van der Waals surface area contributed by atoms with Crippen molar-refractivity contribution in [3.63, 3.8) is 0 Å². The van der Waals surface area contributed by atoms with Crippen LogP contribution in [-0.4, -0.2) is 25.1 Å². The molecule has 0 aromatic heterocycles. The second kappa shape index (κ2) is 14.9. The van der Waals surface area contributed by atoms with Crippen molar-refractivity contribution in [2.45, 2.75) is 51.0 Å². The number of alkyl halides is 3. The van der Waals surface area contributed by atoms with Crippen LogP contribution in [0.1, 0.15) is 48.8 Å². The van der Waals surface area contributed by atoms with Gasteiger partial charge in [0.1, 0.15) is 12.4 Å². The van der Waals surface area contributed by atoms with Gasteiger partial charge in [0, 0.05) is 17.0 Å². The van der Waals surface area contributed by atoms with Gasteiger partial charge >= 0.3 is 6.18 Å². The third-order valence-corrected chi connectivity index (χ3v) is 7.02. The first-order valence-electron chi connectivity index (χ1n) is 12.7. The van der Waals surface area contributed by atoms with Crippen molar-refractivity contribution in [2.75, 3.05) is 11.9 Å². The van der Waals surface area contributed by atoms with Gasteiger partial charge < -0.3 is 14.8 Å². The fraction of sp³-hybridized carbons (Fsp3) is 0.333. The predicted octanol–water partition coefficient (Wildman–Crippen LogP) is 7.89. The van der Waals surface area contributed by atoms with Gasteiger partial charge in [0.05, 0.1) is 17.4 Å². The molecule has 3 aromatic rings. The number of carbonyl (C=O) groups is 2. The first-order valence-corrected chi connectivity index (χ1v) is 13.5. The molecule has 1 aliphatic rings. The zero-order valence-corrected chi connectivity index (χ0v) is 23.4. The van der Waals surface area contributed by atoms with Crippen LogP contribution in [0.3, 0.4) is 0 Å². The highest BCUT2D eigenvalue weighted by molar-refractivity contribution is 9.10. The van der Waals surface area contributed by atoms with Crippen LogP contribution in [0.5, 0.6) is 0 Å². The smallest absolute Gasteiger partial charge is 0.416 e. The van der Waals surface area contributed by atoms with Gasteiger partial charge in [-0.3, -0.25) is 9.59 Å². The molecule has 1 N–H and O–H groups in total. The standard InChI is InChI=1S/C22H22BrF4NO2.C8H8O2/c1-2-30-18-10-14(13-3-6-17(23)7-4-13)9-15(11-18)21(29)28-20-8-5-16(12-19(20)24)22(25,26)27;9-7-10-6-8-4-2-1-3-5-8/h3-8,12,14-15,18H,2,9-11H2,1H3,(H,28,29);1-5,7H,6H2. The number of ether oxygens (including phenoxy) is 2. The van der Waals surface area contributed by atoms with Crippen LogP contribution in [0.4, 0.5) is 23.2 Å². The minimum atomic E-state index is -4.64. The minimum Gasteiger partial charge on any atom is -0.463 e. The SMILES string of the molecule is CCOC1CC(C(=O)Nc2ccc(C(F)(F)F)cc2F)CC(c2ccc(Br)cc2)C1.O=COCc1ccccc1. The lowest BCUT2D eigenvalue weighted by molar-refractivity contribution is -0.137. The van der Waals surface area contributed by atoms with Gasteiger partial charge in [-0.15, -0.1) is 0 Å². The van der Waals surface area contributed by atoms with E-state index in [2.05, 4.69) is 26.0 Å². The van der Waals surface area contributed by atoms with Crippen molar-refractivity contribution in [3.8, 4) is 0 Å². The summed E-state index contributed by atoms with van der Waals surface area (Å²) in [6, 6.07) is 19.5. The van der Waals surface area contributed by atoms with Crippen LogP contribution in [0.25, 0.3) is 0 Å². The Morgan fingerprint density at radius 3 is 2.33 bits per heavy atom. The number of nitrogens with one attached hydrogen (secondary N) is 1. The molecule has 4 rings (SSSR count). The van der Waals surface area contributed by atoms with E-state index in [4.69, 9.17) is 4.74 Å². The molecule has 0 spiro atoms. The normalized spacial score (nSPS) is 18.7. The summed E-state index contributed by atoms with van der Waals surface area (Å²) in [5.74, 6) is -1.87. The first kappa shape index (κ1) is 31.3. The lowest BCUT2D eigenvalue weighted by atomic mass is 9.76. The van der Waals surface area contributed by atoms with Gasteiger partial charge in [0.15, 0.2) is 0 Å². The van der Waals surface area contributed by atoms with E-state index in [1.807, 2.05) is 61.5 Å². The maximum atomic E-state index is 14.1. The van der Waals surface area contributed by atoms with E-state index in [-0.39, 0.29) is 17.7 Å². The second-order valence-electron chi connectivity index (χ2n) is 9.30. The Labute approximate surface area is 239 Å². The second-order valence-corrected chi connectivity index (χ2v) is 10.2. The van der Waals surface area contributed by atoms with Crippen molar-refractivity contribution in [1.29, 1.82) is 0 Å². The average molecular weight is 624 g/mol. The van der Waals surface area contributed by atoms with Crippen LogP contribution in [0.15, 0.2) is 77.3 Å². The largest absolute Gasteiger partial charge is 0.463 e. The Morgan fingerprint density at radius 2 is 1.73 bits per heavy atom. The molecule has 0 saturated heterocycles. The third-order valence-electron chi connectivity index (χ3n) is 6.49. The van der Waals surface area contributed by atoms with E-state index >= 15 is 0 Å². The van der Waals surface area contributed by atoms with Gasteiger partial charge in [-0.2, -0.15) is 13.2 Å². The minimum absolute atomic E-state index is 0.0941. The summed E-state index contributed by atoms with van der Waals surface area (Å²) in [7, 11) is 0. The van der Waals surface area contributed by atoms with Crippen LogP contribution in [0.2, 0.25) is 0 Å². The number of hydrogen-bond acceptors (Lipinski definition) is 4. The monoisotopic (exact) mass is 623 g/mol. The molecular formula is C30H30BrF4NO4. The maximum absolute atomic E-state index is 14.1. The van der Waals surface area contributed by atoms with E-state index in [9.17, 15) is 27.2 Å². The Kier molecular flexibility index (Phi) is 11.7. The zero-order valence-electron chi connectivity index (χ0n) is 21.8. The fourth-order valence-electron chi connectivity index (χ4n) is 4.59. The van der Waals surface area contributed by atoms with E-state index < -0.39 is 29.4 Å². The molecule has 0 radical (unpaired) electrons. The molecule has 0 aliphatic heterocycles. The maximum Gasteiger partial charge on any atom is 0.416 e. The van der Waals surface area contributed by atoms with Crippen molar-refractivity contribution in [3.05, 3.63) is 99.8 Å². The molecule has 0 bridgehead atoms. The number of carbonyl (C=O) groups excluding carboxylic acids is 2. The molecule has 0 heterocycles. The molecule has 40 heavy (non-hydrogen) atoms. The van der Waals surface area contributed by atoms with E-state index in [0.717, 1.165) is 34.2 Å². The molecule has 1 aliphatic carbocycles. The highest BCUT2D eigenvalue weighted by Gasteiger charge is 2.35.